The topological polar surface area (TPSA) is 92.7 Å². The number of hydrogen-bond donors (Lipinski definition) is 2. The van der Waals surface area contributed by atoms with Gasteiger partial charge in [0.15, 0.2) is 9.84 Å². The summed E-state index contributed by atoms with van der Waals surface area (Å²) in [5.74, 6) is 0.512. The summed E-state index contributed by atoms with van der Waals surface area (Å²) in [5.41, 5.74) is 2.35. The zero-order valence-electron chi connectivity index (χ0n) is 15.4. The summed E-state index contributed by atoms with van der Waals surface area (Å²) in [4.78, 5) is 11.8. The van der Waals surface area contributed by atoms with Gasteiger partial charge in [0, 0.05) is 6.26 Å². The molecule has 7 heteroatoms. The highest BCUT2D eigenvalue weighted by molar-refractivity contribution is 7.92. The highest BCUT2D eigenvalue weighted by atomic mass is 32.2. The fraction of sp³-hybridized carbons (Fsp3) is 0.611. The third-order valence-electron chi connectivity index (χ3n) is 4.41. The van der Waals surface area contributed by atoms with Crippen LogP contribution >= 0.6 is 0 Å². The van der Waals surface area contributed by atoms with E-state index in [1.165, 1.54) is 12.4 Å². The molecule has 0 heterocycles. The predicted molar refractivity (Wildman–Crippen MR) is 97.5 cm³/mol. The van der Waals surface area contributed by atoms with E-state index >= 15 is 0 Å². The maximum atomic E-state index is 11.9. The fourth-order valence-electron chi connectivity index (χ4n) is 2.40. The molecule has 1 rings (SSSR count). The van der Waals surface area contributed by atoms with Gasteiger partial charge in [-0.2, -0.15) is 0 Å². The Morgan fingerprint density at radius 2 is 1.88 bits per heavy atom. The van der Waals surface area contributed by atoms with Crippen LogP contribution in [0.15, 0.2) is 24.3 Å². The minimum Gasteiger partial charge on any atom is -0.494 e. The first kappa shape index (κ1) is 21.4. The largest absolute Gasteiger partial charge is 0.494 e. The zero-order chi connectivity index (χ0) is 19.1. The van der Waals surface area contributed by atoms with E-state index in [1.807, 2.05) is 24.3 Å². The molecule has 0 saturated carbocycles. The van der Waals surface area contributed by atoms with Crippen molar-refractivity contribution in [3.63, 3.8) is 0 Å². The van der Waals surface area contributed by atoms with E-state index in [9.17, 15) is 13.2 Å². The first-order valence-electron chi connectivity index (χ1n) is 8.46. The first-order chi connectivity index (χ1) is 11.6. The van der Waals surface area contributed by atoms with Crippen LogP contribution in [0.25, 0.3) is 0 Å². The SMILES string of the molecule is CC(C)CCCOc1ccc(CCC(C)(C(=O)NO)S(C)(=O)=O)cc1. The Balaban J connectivity index is 2.64. The summed E-state index contributed by atoms with van der Waals surface area (Å²) in [6.45, 7) is 6.34. The van der Waals surface area contributed by atoms with E-state index in [2.05, 4.69) is 13.8 Å². The van der Waals surface area contributed by atoms with Crippen LogP contribution in [-0.4, -0.2) is 37.1 Å². The van der Waals surface area contributed by atoms with Gasteiger partial charge in [-0.1, -0.05) is 26.0 Å². The Labute approximate surface area is 150 Å². The number of sulfone groups is 1. The molecular weight excluding hydrogens is 342 g/mol. The lowest BCUT2D eigenvalue weighted by molar-refractivity contribution is -0.131. The molecule has 1 aromatic carbocycles. The summed E-state index contributed by atoms with van der Waals surface area (Å²) >= 11 is 0. The molecule has 0 aliphatic carbocycles. The molecule has 6 nitrogen and oxygen atoms in total. The van der Waals surface area contributed by atoms with Crippen molar-refractivity contribution in [1.82, 2.24) is 5.48 Å². The van der Waals surface area contributed by atoms with Gasteiger partial charge in [-0.3, -0.25) is 10.0 Å². The fourth-order valence-corrected chi connectivity index (χ4v) is 3.26. The number of hydroxylamine groups is 1. The van der Waals surface area contributed by atoms with E-state index in [-0.39, 0.29) is 6.42 Å². The highest BCUT2D eigenvalue weighted by Gasteiger charge is 2.43. The molecule has 1 unspecified atom stereocenters. The lowest BCUT2D eigenvalue weighted by Gasteiger charge is -2.25. The molecule has 0 aliphatic rings. The molecule has 1 amide bonds. The van der Waals surface area contributed by atoms with Crippen LogP contribution < -0.4 is 10.2 Å². The smallest absolute Gasteiger partial charge is 0.264 e. The standard InChI is InChI=1S/C18H29NO5S/c1-14(2)6-5-13-24-16-9-7-15(8-10-16)11-12-18(3,17(20)19-21)25(4,22)23/h7-10,14,21H,5-6,11-13H2,1-4H3,(H,19,20). The molecule has 142 valence electrons. The third kappa shape index (κ3) is 6.32. The van der Waals surface area contributed by atoms with Gasteiger partial charge in [0.1, 0.15) is 10.5 Å². The van der Waals surface area contributed by atoms with Gasteiger partial charge in [-0.05, 0) is 56.2 Å². The zero-order valence-corrected chi connectivity index (χ0v) is 16.2. The summed E-state index contributed by atoms with van der Waals surface area (Å²) in [7, 11) is -3.67. The molecular formula is C18H29NO5S. The van der Waals surface area contributed by atoms with Gasteiger partial charge in [-0.25, -0.2) is 13.9 Å². The Morgan fingerprint density at radius 1 is 1.28 bits per heavy atom. The molecule has 0 radical (unpaired) electrons. The molecule has 1 aromatic rings. The lowest BCUT2D eigenvalue weighted by Crippen LogP contribution is -2.49. The molecule has 0 fully saturated rings. The average molecular weight is 371 g/mol. The molecule has 1 atom stereocenters. The number of benzene rings is 1. The summed E-state index contributed by atoms with van der Waals surface area (Å²) < 4.78 is 27.9. The number of hydrogen-bond acceptors (Lipinski definition) is 5. The summed E-state index contributed by atoms with van der Waals surface area (Å²) in [6.07, 6.45) is 3.59. The van der Waals surface area contributed by atoms with Gasteiger partial charge in [0.25, 0.3) is 5.91 Å². The van der Waals surface area contributed by atoms with E-state index in [4.69, 9.17) is 9.94 Å². The maximum Gasteiger partial charge on any atom is 0.264 e. The Bertz CT molecular complexity index is 655. The van der Waals surface area contributed by atoms with Gasteiger partial charge >= 0.3 is 0 Å². The second kappa shape index (κ2) is 9.20. The maximum absolute atomic E-state index is 11.9. The number of aryl methyl sites for hydroxylation is 1. The van der Waals surface area contributed by atoms with Crippen molar-refractivity contribution in [2.75, 3.05) is 12.9 Å². The molecule has 2 N–H and O–H groups in total. The number of amides is 1. The quantitative estimate of drug-likeness (QED) is 0.375. The Hall–Kier alpha value is -1.60. The predicted octanol–water partition coefficient (Wildman–Crippen LogP) is 2.74. The van der Waals surface area contributed by atoms with Crippen LogP contribution in [0.5, 0.6) is 5.75 Å². The van der Waals surface area contributed by atoms with Crippen LogP contribution in [0.2, 0.25) is 0 Å². The van der Waals surface area contributed by atoms with Crippen molar-refractivity contribution in [2.24, 2.45) is 5.92 Å². The molecule has 0 aliphatic heterocycles. The van der Waals surface area contributed by atoms with Crippen molar-refractivity contribution in [2.45, 2.75) is 51.2 Å². The van der Waals surface area contributed by atoms with Gasteiger partial charge in [0.05, 0.1) is 6.61 Å². The summed E-state index contributed by atoms with van der Waals surface area (Å²) in [6, 6.07) is 7.40. The van der Waals surface area contributed by atoms with Gasteiger partial charge < -0.3 is 4.74 Å². The number of rotatable bonds is 10. The molecule has 0 bridgehead atoms. The normalized spacial score (nSPS) is 14.2. The molecule has 0 saturated heterocycles. The van der Waals surface area contributed by atoms with Crippen LogP contribution in [0.1, 0.15) is 45.6 Å². The number of nitrogens with one attached hydrogen (secondary N) is 1. The lowest BCUT2D eigenvalue weighted by atomic mass is 9.99. The van der Waals surface area contributed by atoms with Gasteiger partial charge in [0.2, 0.25) is 0 Å². The number of ether oxygens (including phenoxy) is 1. The minimum absolute atomic E-state index is 0.0762. The van der Waals surface area contributed by atoms with Crippen LogP contribution in [0.3, 0.4) is 0 Å². The van der Waals surface area contributed by atoms with Crippen molar-refractivity contribution in [3.8, 4) is 5.75 Å². The average Bonchev–Trinajstić information content (AvgIpc) is 2.55. The summed E-state index contributed by atoms with van der Waals surface area (Å²) in [5, 5.41) is 8.82. The van der Waals surface area contributed by atoms with E-state index in [1.54, 1.807) is 0 Å². The van der Waals surface area contributed by atoms with Gasteiger partial charge in [-0.15, -0.1) is 0 Å². The monoisotopic (exact) mass is 371 g/mol. The highest BCUT2D eigenvalue weighted by Crippen LogP contribution is 2.24. The second-order valence-electron chi connectivity index (χ2n) is 6.97. The molecule has 25 heavy (non-hydrogen) atoms. The molecule has 0 aromatic heterocycles. The van der Waals surface area contributed by atoms with Crippen molar-refractivity contribution < 1.29 is 23.2 Å². The van der Waals surface area contributed by atoms with Crippen molar-refractivity contribution >= 4 is 15.7 Å². The first-order valence-corrected chi connectivity index (χ1v) is 10.3. The van der Waals surface area contributed by atoms with Crippen LogP contribution in [0, 0.1) is 5.92 Å². The minimum atomic E-state index is -3.67. The Kier molecular flexibility index (Phi) is 7.89. The van der Waals surface area contributed by atoms with Crippen molar-refractivity contribution in [1.29, 1.82) is 0 Å². The van der Waals surface area contributed by atoms with Crippen LogP contribution in [-0.2, 0) is 21.1 Å². The second-order valence-corrected chi connectivity index (χ2v) is 9.42. The molecule has 0 spiro atoms. The number of carbonyl (C=O) groups excluding carboxylic acids is 1. The third-order valence-corrected chi connectivity index (χ3v) is 6.44. The van der Waals surface area contributed by atoms with Crippen LogP contribution in [0.4, 0.5) is 0 Å². The van der Waals surface area contributed by atoms with E-state index in [0.29, 0.717) is 18.9 Å². The van der Waals surface area contributed by atoms with E-state index < -0.39 is 20.5 Å². The Morgan fingerprint density at radius 3 is 2.36 bits per heavy atom. The number of carbonyl (C=O) groups is 1. The van der Waals surface area contributed by atoms with E-state index in [0.717, 1.165) is 30.4 Å². The van der Waals surface area contributed by atoms with Crippen molar-refractivity contribution in [3.05, 3.63) is 29.8 Å².